The van der Waals surface area contributed by atoms with Gasteiger partial charge in [0.05, 0.1) is 6.61 Å². The summed E-state index contributed by atoms with van der Waals surface area (Å²) in [6.45, 7) is 2.66. The Morgan fingerprint density at radius 1 is 1.24 bits per heavy atom. The van der Waals surface area contributed by atoms with Gasteiger partial charge in [0, 0.05) is 6.04 Å². The fourth-order valence-corrected chi connectivity index (χ4v) is 2.38. The first-order chi connectivity index (χ1) is 8.35. The molecule has 1 aromatic carbocycles. The number of rotatable bonds is 5. The third kappa shape index (κ3) is 2.91. The summed E-state index contributed by atoms with van der Waals surface area (Å²) in [7, 11) is 2.00. The third-order valence-corrected chi connectivity index (χ3v) is 3.25. The molecule has 0 heterocycles. The van der Waals surface area contributed by atoms with E-state index in [1.807, 2.05) is 38.2 Å². The van der Waals surface area contributed by atoms with E-state index in [1.165, 1.54) is 12.8 Å². The molecule has 1 saturated carbocycles. The summed E-state index contributed by atoms with van der Waals surface area (Å²) >= 11 is 0. The van der Waals surface area contributed by atoms with Crippen molar-refractivity contribution >= 4 is 0 Å². The van der Waals surface area contributed by atoms with E-state index < -0.39 is 0 Å². The zero-order chi connectivity index (χ0) is 12.1. The molecule has 2 atom stereocenters. The summed E-state index contributed by atoms with van der Waals surface area (Å²) in [5.41, 5.74) is 0. The molecule has 1 fully saturated rings. The Kier molecular flexibility index (Phi) is 4.26. The van der Waals surface area contributed by atoms with Crippen LogP contribution < -0.4 is 14.8 Å². The molecule has 0 bridgehead atoms. The van der Waals surface area contributed by atoms with E-state index in [1.54, 1.807) is 0 Å². The number of benzene rings is 1. The number of hydrogen-bond donors (Lipinski definition) is 1. The Morgan fingerprint density at radius 2 is 2.00 bits per heavy atom. The van der Waals surface area contributed by atoms with E-state index in [0.717, 1.165) is 17.9 Å². The Hall–Kier alpha value is -1.22. The molecule has 3 nitrogen and oxygen atoms in total. The van der Waals surface area contributed by atoms with Crippen LogP contribution in [0.15, 0.2) is 24.3 Å². The number of likely N-dealkylation sites (N-methyl/N-ethyl adjacent to an activating group) is 1. The summed E-state index contributed by atoms with van der Waals surface area (Å²) < 4.78 is 11.6. The molecule has 17 heavy (non-hydrogen) atoms. The van der Waals surface area contributed by atoms with Crippen molar-refractivity contribution in [3.63, 3.8) is 0 Å². The largest absolute Gasteiger partial charge is 0.490 e. The van der Waals surface area contributed by atoms with Gasteiger partial charge in [0.15, 0.2) is 11.5 Å². The van der Waals surface area contributed by atoms with E-state index >= 15 is 0 Å². The fraction of sp³-hybridized carbons (Fsp3) is 0.571. The highest BCUT2D eigenvalue weighted by atomic mass is 16.5. The SMILES string of the molecule is CCOc1ccccc1OC1CCCC1NC. The van der Waals surface area contributed by atoms with Crippen LogP contribution in [0.2, 0.25) is 0 Å². The number of hydrogen-bond acceptors (Lipinski definition) is 3. The Balaban J connectivity index is 2.07. The summed E-state index contributed by atoms with van der Waals surface area (Å²) in [5.74, 6) is 1.71. The Labute approximate surface area is 103 Å². The van der Waals surface area contributed by atoms with Gasteiger partial charge in [0.2, 0.25) is 0 Å². The second kappa shape index (κ2) is 5.92. The highest BCUT2D eigenvalue weighted by Crippen LogP contribution is 2.31. The molecule has 2 unspecified atom stereocenters. The molecule has 0 saturated heterocycles. The lowest BCUT2D eigenvalue weighted by atomic mass is 10.2. The molecule has 2 rings (SSSR count). The lowest BCUT2D eigenvalue weighted by Crippen LogP contribution is -2.36. The maximum atomic E-state index is 6.08. The number of ether oxygens (including phenoxy) is 2. The molecule has 3 heteroatoms. The van der Waals surface area contributed by atoms with E-state index in [2.05, 4.69) is 5.32 Å². The summed E-state index contributed by atoms with van der Waals surface area (Å²) in [6.07, 6.45) is 3.80. The fourth-order valence-electron chi connectivity index (χ4n) is 2.38. The number of nitrogens with one attached hydrogen (secondary N) is 1. The van der Waals surface area contributed by atoms with Crippen molar-refractivity contribution in [2.24, 2.45) is 0 Å². The standard InChI is InChI=1S/C14H21NO2/c1-3-16-13-8-4-5-9-14(13)17-12-10-6-7-11(12)15-2/h4-5,8-9,11-12,15H,3,6-7,10H2,1-2H3. The van der Waals surface area contributed by atoms with Crippen molar-refractivity contribution in [3.8, 4) is 11.5 Å². The lowest BCUT2D eigenvalue weighted by molar-refractivity contribution is 0.169. The normalized spacial score (nSPS) is 23.6. The smallest absolute Gasteiger partial charge is 0.161 e. The van der Waals surface area contributed by atoms with Crippen LogP contribution in [0.1, 0.15) is 26.2 Å². The van der Waals surface area contributed by atoms with Crippen LogP contribution in [0.4, 0.5) is 0 Å². The zero-order valence-corrected chi connectivity index (χ0v) is 10.6. The van der Waals surface area contributed by atoms with Crippen molar-refractivity contribution in [2.75, 3.05) is 13.7 Å². The molecule has 0 aromatic heterocycles. The van der Waals surface area contributed by atoms with Crippen LogP contribution in [0.25, 0.3) is 0 Å². The molecule has 0 radical (unpaired) electrons. The zero-order valence-electron chi connectivity index (χ0n) is 10.6. The molecule has 1 aliphatic rings. The predicted molar refractivity (Wildman–Crippen MR) is 68.7 cm³/mol. The van der Waals surface area contributed by atoms with Crippen molar-refractivity contribution in [1.29, 1.82) is 0 Å². The number of para-hydroxylation sites is 2. The van der Waals surface area contributed by atoms with Crippen LogP contribution in [0.3, 0.4) is 0 Å². The van der Waals surface area contributed by atoms with Gasteiger partial charge in [-0.25, -0.2) is 0 Å². The van der Waals surface area contributed by atoms with Crippen molar-refractivity contribution < 1.29 is 9.47 Å². The first-order valence-electron chi connectivity index (χ1n) is 6.41. The van der Waals surface area contributed by atoms with Crippen LogP contribution in [-0.4, -0.2) is 25.8 Å². The van der Waals surface area contributed by atoms with Gasteiger partial charge < -0.3 is 14.8 Å². The Bertz CT molecular complexity index is 354. The van der Waals surface area contributed by atoms with Gasteiger partial charge in [-0.2, -0.15) is 0 Å². The molecule has 1 N–H and O–H groups in total. The predicted octanol–water partition coefficient (Wildman–Crippen LogP) is 2.60. The maximum absolute atomic E-state index is 6.08. The van der Waals surface area contributed by atoms with Gasteiger partial charge in [-0.1, -0.05) is 12.1 Å². The summed E-state index contributed by atoms with van der Waals surface area (Å²) in [6, 6.07) is 8.37. The van der Waals surface area contributed by atoms with E-state index in [-0.39, 0.29) is 6.10 Å². The van der Waals surface area contributed by atoms with Crippen LogP contribution in [-0.2, 0) is 0 Å². The summed E-state index contributed by atoms with van der Waals surface area (Å²) in [4.78, 5) is 0. The third-order valence-electron chi connectivity index (χ3n) is 3.25. The molecule has 1 aromatic rings. The van der Waals surface area contributed by atoms with E-state index in [0.29, 0.717) is 12.6 Å². The molecule has 0 amide bonds. The quantitative estimate of drug-likeness (QED) is 0.851. The molecular weight excluding hydrogens is 214 g/mol. The van der Waals surface area contributed by atoms with Crippen LogP contribution in [0, 0.1) is 0 Å². The van der Waals surface area contributed by atoms with Crippen LogP contribution >= 0.6 is 0 Å². The summed E-state index contributed by atoms with van der Waals surface area (Å²) in [5, 5.41) is 3.32. The highest BCUT2D eigenvalue weighted by molar-refractivity contribution is 5.39. The highest BCUT2D eigenvalue weighted by Gasteiger charge is 2.28. The van der Waals surface area contributed by atoms with Gasteiger partial charge in [-0.15, -0.1) is 0 Å². The molecule has 1 aliphatic carbocycles. The first kappa shape index (κ1) is 12.2. The average Bonchev–Trinajstić information content (AvgIpc) is 2.79. The van der Waals surface area contributed by atoms with Crippen molar-refractivity contribution in [3.05, 3.63) is 24.3 Å². The monoisotopic (exact) mass is 235 g/mol. The minimum Gasteiger partial charge on any atom is -0.490 e. The second-order valence-electron chi connectivity index (χ2n) is 4.36. The van der Waals surface area contributed by atoms with E-state index in [4.69, 9.17) is 9.47 Å². The molecule has 94 valence electrons. The minimum absolute atomic E-state index is 0.265. The van der Waals surface area contributed by atoms with Gasteiger partial charge in [0.25, 0.3) is 0 Å². The van der Waals surface area contributed by atoms with Crippen molar-refractivity contribution in [1.82, 2.24) is 5.32 Å². The average molecular weight is 235 g/mol. The van der Waals surface area contributed by atoms with Gasteiger partial charge >= 0.3 is 0 Å². The Morgan fingerprint density at radius 3 is 2.71 bits per heavy atom. The topological polar surface area (TPSA) is 30.5 Å². The molecular formula is C14H21NO2. The van der Waals surface area contributed by atoms with E-state index in [9.17, 15) is 0 Å². The minimum atomic E-state index is 0.265. The molecule has 0 aliphatic heterocycles. The first-order valence-corrected chi connectivity index (χ1v) is 6.41. The van der Waals surface area contributed by atoms with Gasteiger partial charge in [0.1, 0.15) is 6.10 Å². The second-order valence-corrected chi connectivity index (χ2v) is 4.36. The van der Waals surface area contributed by atoms with Gasteiger partial charge in [-0.05, 0) is 45.4 Å². The maximum Gasteiger partial charge on any atom is 0.161 e. The molecule has 0 spiro atoms. The van der Waals surface area contributed by atoms with Crippen molar-refractivity contribution in [2.45, 2.75) is 38.3 Å². The van der Waals surface area contributed by atoms with Gasteiger partial charge in [-0.3, -0.25) is 0 Å². The lowest BCUT2D eigenvalue weighted by Gasteiger charge is -2.22. The van der Waals surface area contributed by atoms with Crippen LogP contribution in [0.5, 0.6) is 11.5 Å².